The molecule has 2 aromatic carbocycles. The van der Waals surface area contributed by atoms with Crippen LogP contribution in [0.1, 0.15) is 46.3 Å². The fourth-order valence-corrected chi connectivity index (χ4v) is 4.81. The molecule has 1 fully saturated rings. The van der Waals surface area contributed by atoms with E-state index in [9.17, 15) is 27.6 Å². The Morgan fingerprint density at radius 3 is 2.50 bits per heavy atom. The van der Waals surface area contributed by atoms with Crippen molar-refractivity contribution in [2.24, 2.45) is 0 Å². The van der Waals surface area contributed by atoms with Crippen molar-refractivity contribution in [1.82, 2.24) is 10.2 Å². The molecule has 1 atom stereocenters. The average molecular weight is 489 g/mol. The number of piperidine rings is 1. The summed E-state index contributed by atoms with van der Waals surface area (Å²) in [5.74, 6) is -0.404. The van der Waals surface area contributed by atoms with E-state index >= 15 is 0 Å². The summed E-state index contributed by atoms with van der Waals surface area (Å²) in [4.78, 5) is 39.2. The monoisotopic (exact) mass is 488 g/mol. The first kappa shape index (κ1) is 24.1. The molecule has 2 aliphatic rings. The highest BCUT2D eigenvalue weighted by Crippen LogP contribution is 2.36. The highest BCUT2D eigenvalue weighted by molar-refractivity contribution is 8.00. The van der Waals surface area contributed by atoms with Crippen molar-refractivity contribution in [3.63, 3.8) is 0 Å². The number of alkyl halides is 3. The lowest BCUT2D eigenvalue weighted by Gasteiger charge is -2.30. The van der Waals surface area contributed by atoms with E-state index in [-0.39, 0.29) is 47.1 Å². The summed E-state index contributed by atoms with van der Waals surface area (Å²) in [7, 11) is 0. The molecule has 4 rings (SSSR count). The number of fused-ring (bicyclic) bond motifs is 1. The third kappa shape index (κ3) is 5.70. The molecule has 9 heteroatoms. The number of rotatable bonds is 7. The number of hydrogen-bond acceptors (Lipinski definition) is 4. The normalized spacial score (nSPS) is 18.1. The van der Waals surface area contributed by atoms with Gasteiger partial charge in [0.25, 0.3) is 5.91 Å². The van der Waals surface area contributed by atoms with Crippen molar-refractivity contribution in [2.75, 3.05) is 0 Å². The molecular formula is C25H23F3N2O3S. The van der Waals surface area contributed by atoms with Crippen LogP contribution in [0.2, 0.25) is 0 Å². The molecule has 2 aromatic rings. The lowest BCUT2D eigenvalue weighted by molar-refractivity contribution is -0.126. The second kappa shape index (κ2) is 9.66. The van der Waals surface area contributed by atoms with Crippen molar-refractivity contribution < 1.29 is 27.6 Å². The van der Waals surface area contributed by atoms with Gasteiger partial charge >= 0.3 is 5.51 Å². The first-order chi connectivity index (χ1) is 16.1. The molecule has 1 saturated heterocycles. The van der Waals surface area contributed by atoms with E-state index in [1.807, 2.05) is 12.1 Å². The van der Waals surface area contributed by atoms with E-state index in [0.29, 0.717) is 42.6 Å². The maximum absolute atomic E-state index is 12.8. The summed E-state index contributed by atoms with van der Waals surface area (Å²) in [5, 5.41) is 2.71. The molecule has 0 aliphatic carbocycles. The van der Waals surface area contributed by atoms with Gasteiger partial charge in [0.05, 0.1) is 0 Å². The molecule has 0 saturated carbocycles. The zero-order valence-corrected chi connectivity index (χ0v) is 19.1. The van der Waals surface area contributed by atoms with Crippen LogP contribution in [0.4, 0.5) is 13.2 Å². The molecule has 34 heavy (non-hydrogen) atoms. The second-order valence-electron chi connectivity index (χ2n) is 8.48. The molecule has 5 nitrogen and oxygen atoms in total. The highest BCUT2D eigenvalue weighted by Gasteiger charge is 2.38. The number of carbonyl (C=O) groups is 3. The maximum atomic E-state index is 12.8. The van der Waals surface area contributed by atoms with Gasteiger partial charge in [-0.2, -0.15) is 13.2 Å². The lowest BCUT2D eigenvalue weighted by atomic mass is 10.00. The van der Waals surface area contributed by atoms with Crippen LogP contribution in [0.5, 0.6) is 0 Å². The number of amides is 2. The van der Waals surface area contributed by atoms with E-state index in [4.69, 9.17) is 0 Å². The van der Waals surface area contributed by atoms with Gasteiger partial charge in [0.15, 0.2) is 0 Å². The molecule has 178 valence electrons. The number of aryl methyl sites for hydroxylation is 1. The van der Waals surface area contributed by atoms with Crippen LogP contribution in [-0.4, -0.2) is 34.0 Å². The first-order valence-electron chi connectivity index (χ1n) is 10.9. The Morgan fingerprint density at radius 1 is 1.12 bits per heavy atom. The van der Waals surface area contributed by atoms with Gasteiger partial charge in [-0.1, -0.05) is 30.8 Å². The number of halogens is 3. The summed E-state index contributed by atoms with van der Waals surface area (Å²) in [6, 6.07) is 10.8. The second-order valence-corrected chi connectivity index (χ2v) is 9.62. The van der Waals surface area contributed by atoms with E-state index < -0.39 is 11.6 Å². The van der Waals surface area contributed by atoms with Crippen LogP contribution in [0.15, 0.2) is 59.6 Å². The summed E-state index contributed by atoms with van der Waals surface area (Å²) in [5.41, 5.74) is -0.685. The van der Waals surface area contributed by atoms with Crippen LogP contribution in [0.25, 0.3) is 0 Å². The number of allylic oxidation sites excluding steroid dienone is 1. The lowest BCUT2D eigenvalue weighted by Crippen LogP contribution is -2.49. The van der Waals surface area contributed by atoms with E-state index in [1.165, 1.54) is 24.3 Å². The summed E-state index contributed by atoms with van der Waals surface area (Å²) in [6.07, 6.45) is 2.10. The summed E-state index contributed by atoms with van der Waals surface area (Å²) >= 11 is -0.183. The van der Waals surface area contributed by atoms with Crippen LogP contribution in [-0.2, 0) is 29.0 Å². The van der Waals surface area contributed by atoms with Crippen molar-refractivity contribution in [2.45, 2.75) is 55.1 Å². The van der Waals surface area contributed by atoms with Gasteiger partial charge in [-0.25, -0.2) is 0 Å². The summed E-state index contributed by atoms with van der Waals surface area (Å²) in [6.45, 7) is 4.12. The summed E-state index contributed by atoms with van der Waals surface area (Å²) < 4.78 is 37.3. The molecule has 1 unspecified atom stereocenters. The molecule has 1 N–H and O–H groups in total. The minimum atomic E-state index is -4.34. The van der Waals surface area contributed by atoms with Crippen LogP contribution >= 0.6 is 11.8 Å². The van der Waals surface area contributed by atoms with Crippen LogP contribution in [0, 0.1) is 0 Å². The third-order valence-electron chi connectivity index (χ3n) is 5.95. The Morgan fingerprint density at radius 2 is 1.82 bits per heavy atom. The number of benzene rings is 2. The standard InChI is InChI=1S/C25H23F3N2O3S/c1-15-2-11-22(23(32)29-15)30-14-18-12-16(6-10-21(18)24(30)33)3-7-19(31)13-17-4-8-20(9-5-17)34-25(26,27)28/h4-6,8-10,12,22H,1-3,7,11,13-14H2,(H,29,32). The first-order valence-corrected chi connectivity index (χ1v) is 11.7. The van der Waals surface area contributed by atoms with Crippen molar-refractivity contribution in [1.29, 1.82) is 0 Å². The topological polar surface area (TPSA) is 66.5 Å². The number of thioether (sulfide) groups is 1. The molecular weight excluding hydrogens is 465 g/mol. The molecule has 2 amide bonds. The van der Waals surface area contributed by atoms with E-state index in [1.54, 1.807) is 11.0 Å². The van der Waals surface area contributed by atoms with E-state index in [2.05, 4.69) is 11.9 Å². The van der Waals surface area contributed by atoms with Crippen molar-refractivity contribution >= 4 is 29.4 Å². The van der Waals surface area contributed by atoms with E-state index in [0.717, 1.165) is 11.1 Å². The molecule has 0 spiro atoms. The molecule has 2 aliphatic heterocycles. The number of carbonyl (C=O) groups excluding carboxylic acids is 3. The number of ketones is 1. The Bertz CT molecular complexity index is 1150. The zero-order valence-electron chi connectivity index (χ0n) is 18.3. The molecule has 0 bridgehead atoms. The van der Waals surface area contributed by atoms with Crippen LogP contribution in [0.3, 0.4) is 0 Å². The van der Waals surface area contributed by atoms with Gasteiger partial charge < -0.3 is 10.2 Å². The van der Waals surface area contributed by atoms with Gasteiger partial charge in [0.1, 0.15) is 11.8 Å². The molecule has 0 aromatic heterocycles. The maximum Gasteiger partial charge on any atom is 0.446 e. The fourth-order valence-electron chi connectivity index (χ4n) is 4.27. The van der Waals surface area contributed by atoms with Crippen molar-refractivity contribution in [3.8, 4) is 0 Å². The predicted octanol–water partition coefficient (Wildman–Crippen LogP) is 4.79. The van der Waals surface area contributed by atoms with Gasteiger partial charge in [0.2, 0.25) is 5.91 Å². The Kier molecular flexibility index (Phi) is 6.84. The van der Waals surface area contributed by atoms with Gasteiger partial charge in [-0.05, 0) is 65.9 Å². The Labute approximate surface area is 199 Å². The Hall–Kier alpha value is -3.07. The fraction of sp³-hybridized carbons (Fsp3) is 0.320. The molecule has 2 heterocycles. The largest absolute Gasteiger partial charge is 0.446 e. The number of nitrogens with one attached hydrogen (secondary N) is 1. The third-order valence-corrected chi connectivity index (χ3v) is 6.69. The minimum Gasteiger partial charge on any atom is -0.329 e. The predicted molar refractivity (Wildman–Crippen MR) is 122 cm³/mol. The smallest absolute Gasteiger partial charge is 0.329 e. The number of nitrogens with zero attached hydrogens (tertiary/aromatic N) is 1. The quantitative estimate of drug-likeness (QED) is 0.569. The SMILES string of the molecule is C=C1CCC(N2Cc3cc(CCC(=O)Cc4ccc(SC(F)(F)F)cc4)ccc3C2=O)C(=O)N1. The average Bonchev–Trinajstić information content (AvgIpc) is 3.08. The van der Waals surface area contributed by atoms with Gasteiger partial charge in [0, 0.05) is 35.5 Å². The van der Waals surface area contributed by atoms with Crippen LogP contribution < -0.4 is 5.32 Å². The van der Waals surface area contributed by atoms with Crippen molar-refractivity contribution in [3.05, 3.63) is 77.0 Å². The molecule has 0 radical (unpaired) electrons. The minimum absolute atomic E-state index is 0.0199. The highest BCUT2D eigenvalue weighted by atomic mass is 32.2. The number of Topliss-reactive ketones (excluding diaryl/α,β-unsaturated/α-hetero) is 1. The zero-order chi connectivity index (χ0) is 24.5. The Balaban J connectivity index is 1.32. The van der Waals surface area contributed by atoms with Gasteiger partial charge in [-0.3, -0.25) is 14.4 Å². The number of hydrogen-bond donors (Lipinski definition) is 1. The van der Waals surface area contributed by atoms with Gasteiger partial charge in [-0.15, -0.1) is 0 Å².